The zero-order valence-electron chi connectivity index (χ0n) is 9.86. The lowest BCUT2D eigenvalue weighted by atomic mass is 9.88. The van der Waals surface area contributed by atoms with Crippen LogP contribution in [0, 0.1) is 5.41 Å². The number of rotatable bonds is 4. The van der Waals surface area contributed by atoms with E-state index < -0.39 is 0 Å². The Labute approximate surface area is 92.4 Å². The minimum atomic E-state index is 0.0845. The third-order valence-electron chi connectivity index (χ3n) is 2.52. The van der Waals surface area contributed by atoms with Crippen LogP contribution in [0.3, 0.4) is 0 Å². The smallest absolute Gasteiger partial charge is 0.0717 e. The van der Waals surface area contributed by atoms with Gasteiger partial charge in [-0.25, -0.2) is 0 Å². The molecule has 0 aliphatic rings. The summed E-state index contributed by atoms with van der Waals surface area (Å²) >= 11 is 0. The molecule has 0 heterocycles. The largest absolute Gasteiger partial charge is 0.375 e. The lowest BCUT2D eigenvalue weighted by molar-refractivity contribution is 0.0792. The van der Waals surface area contributed by atoms with Crippen molar-refractivity contribution in [3.63, 3.8) is 0 Å². The topological polar surface area (TPSA) is 35.2 Å². The SMILES string of the molecule is CC(C)(C)[C@@H](N)COCc1ccccc1. The van der Waals surface area contributed by atoms with E-state index in [0.717, 1.165) is 0 Å². The van der Waals surface area contributed by atoms with Crippen molar-refractivity contribution in [1.29, 1.82) is 0 Å². The van der Waals surface area contributed by atoms with Gasteiger partial charge < -0.3 is 10.5 Å². The average Bonchev–Trinajstić information content (AvgIpc) is 2.18. The Kier molecular flexibility index (Phi) is 4.30. The van der Waals surface area contributed by atoms with Crippen LogP contribution in [-0.2, 0) is 11.3 Å². The molecule has 0 spiro atoms. The highest BCUT2D eigenvalue weighted by molar-refractivity contribution is 5.13. The molecule has 2 N–H and O–H groups in total. The van der Waals surface area contributed by atoms with Crippen LogP contribution in [0.4, 0.5) is 0 Å². The van der Waals surface area contributed by atoms with Gasteiger partial charge in [-0.3, -0.25) is 0 Å². The summed E-state index contributed by atoms with van der Waals surface area (Å²) in [6.45, 7) is 7.64. The monoisotopic (exact) mass is 207 g/mol. The van der Waals surface area contributed by atoms with Gasteiger partial charge in [-0.2, -0.15) is 0 Å². The molecule has 1 aromatic rings. The molecule has 2 nitrogen and oxygen atoms in total. The van der Waals surface area contributed by atoms with Crippen molar-refractivity contribution in [3.05, 3.63) is 35.9 Å². The maximum Gasteiger partial charge on any atom is 0.0717 e. The zero-order chi connectivity index (χ0) is 11.3. The Hall–Kier alpha value is -0.860. The molecule has 0 aliphatic heterocycles. The summed E-state index contributed by atoms with van der Waals surface area (Å²) in [6.07, 6.45) is 0. The van der Waals surface area contributed by atoms with Crippen molar-refractivity contribution in [2.24, 2.45) is 11.1 Å². The molecule has 1 rings (SSSR count). The van der Waals surface area contributed by atoms with Gasteiger partial charge in [-0.15, -0.1) is 0 Å². The summed E-state index contributed by atoms with van der Waals surface area (Å²) in [5.74, 6) is 0. The predicted molar refractivity (Wildman–Crippen MR) is 63.5 cm³/mol. The fourth-order valence-corrected chi connectivity index (χ4v) is 1.13. The lowest BCUT2D eigenvalue weighted by Gasteiger charge is -2.26. The van der Waals surface area contributed by atoms with E-state index in [1.54, 1.807) is 0 Å². The fraction of sp³-hybridized carbons (Fsp3) is 0.538. The molecule has 0 aromatic heterocycles. The molecule has 0 aliphatic carbocycles. The van der Waals surface area contributed by atoms with Crippen molar-refractivity contribution < 1.29 is 4.74 Å². The molecule has 0 bridgehead atoms. The summed E-state index contributed by atoms with van der Waals surface area (Å²) < 4.78 is 5.58. The summed E-state index contributed by atoms with van der Waals surface area (Å²) in [5.41, 5.74) is 7.29. The Morgan fingerprint density at radius 2 is 1.80 bits per heavy atom. The van der Waals surface area contributed by atoms with Gasteiger partial charge in [0.05, 0.1) is 13.2 Å². The van der Waals surface area contributed by atoms with E-state index in [4.69, 9.17) is 10.5 Å². The second kappa shape index (κ2) is 5.29. The van der Waals surface area contributed by atoms with Crippen LogP contribution in [0.2, 0.25) is 0 Å². The van der Waals surface area contributed by atoms with E-state index in [9.17, 15) is 0 Å². The summed E-state index contributed by atoms with van der Waals surface area (Å²) in [5, 5.41) is 0. The van der Waals surface area contributed by atoms with Crippen LogP contribution < -0.4 is 5.73 Å². The summed E-state index contributed by atoms with van der Waals surface area (Å²) in [7, 11) is 0. The Morgan fingerprint density at radius 3 is 2.33 bits per heavy atom. The Morgan fingerprint density at radius 1 is 1.20 bits per heavy atom. The standard InChI is InChI=1S/C13H21NO/c1-13(2,3)12(14)10-15-9-11-7-5-4-6-8-11/h4-8,12H,9-10,14H2,1-3H3/t12-/m0/s1. The third kappa shape index (κ3) is 4.45. The molecule has 2 heteroatoms. The quantitative estimate of drug-likeness (QED) is 0.823. The van der Waals surface area contributed by atoms with Gasteiger partial charge in [0.2, 0.25) is 0 Å². The maximum atomic E-state index is 5.99. The van der Waals surface area contributed by atoms with Crippen LogP contribution in [0.1, 0.15) is 26.3 Å². The first kappa shape index (κ1) is 12.2. The van der Waals surface area contributed by atoms with Gasteiger partial charge in [-0.1, -0.05) is 51.1 Å². The highest BCUT2D eigenvalue weighted by atomic mass is 16.5. The lowest BCUT2D eigenvalue weighted by Crippen LogP contribution is -2.39. The van der Waals surface area contributed by atoms with E-state index in [-0.39, 0.29) is 11.5 Å². The van der Waals surface area contributed by atoms with E-state index in [1.165, 1.54) is 5.56 Å². The minimum Gasteiger partial charge on any atom is -0.375 e. The van der Waals surface area contributed by atoms with Crippen LogP contribution in [0.25, 0.3) is 0 Å². The highest BCUT2D eigenvalue weighted by Crippen LogP contribution is 2.17. The number of benzene rings is 1. The molecule has 0 saturated carbocycles. The van der Waals surface area contributed by atoms with Crippen molar-refractivity contribution in [1.82, 2.24) is 0 Å². The highest BCUT2D eigenvalue weighted by Gasteiger charge is 2.20. The molecule has 0 amide bonds. The van der Waals surface area contributed by atoms with Crippen molar-refractivity contribution in [2.45, 2.75) is 33.4 Å². The number of hydrogen-bond acceptors (Lipinski definition) is 2. The van der Waals surface area contributed by atoms with Gasteiger partial charge in [0.1, 0.15) is 0 Å². The fourth-order valence-electron chi connectivity index (χ4n) is 1.13. The molecule has 15 heavy (non-hydrogen) atoms. The summed E-state index contributed by atoms with van der Waals surface area (Å²) in [4.78, 5) is 0. The minimum absolute atomic E-state index is 0.0845. The molecule has 0 unspecified atom stereocenters. The third-order valence-corrected chi connectivity index (χ3v) is 2.52. The molecule has 0 radical (unpaired) electrons. The van der Waals surface area contributed by atoms with Crippen molar-refractivity contribution in [3.8, 4) is 0 Å². The van der Waals surface area contributed by atoms with Crippen molar-refractivity contribution >= 4 is 0 Å². The first-order valence-corrected chi connectivity index (χ1v) is 5.37. The molecule has 84 valence electrons. The Balaban J connectivity index is 2.28. The first-order valence-electron chi connectivity index (χ1n) is 5.37. The van der Waals surface area contributed by atoms with E-state index in [0.29, 0.717) is 13.2 Å². The molecule has 1 aromatic carbocycles. The maximum absolute atomic E-state index is 5.99. The van der Waals surface area contributed by atoms with Crippen LogP contribution in [0.15, 0.2) is 30.3 Å². The second-order valence-corrected chi connectivity index (χ2v) is 4.97. The van der Waals surface area contributed by atoms with E-state index in [2.05, 4.69) is 32.9 Å². The van der Waals surface area contributed by atoms with Crippen LogP contribution in [-0.4, -0.2) is 12.6 Å². The molecule has 0 fully saturated rings. The molecule has 1 atom stereocenters. The van der Waals surface area contributed by atoms with E-state index in [1.807, 2.05) is 18.2 Å². The molecule has 0 saturated heterocycles. The van der Waals surface area contributed by atoms with Gasteiger partial charge in [0.15, 0.2) is 0 Å². The molecular weight excluding hydrogens is 186 g/mol. The van der Waals surface area contributed by atoms with Gasteiger partial charge in [-0.05, 0) is 11.0 Å². The van der Waals surface area contributed by atoms with Gasteiger partial charge in [0.25, 0.3) is 0 Å². The average molecular weight is 207 g/mol. The van der Waals surface area contributed by atoms with Crippen molar-refractivity contribution in [2.75, 3.05) is 6.61 Å². The number of hydrogen-bond donors (Lipinski definition) is 1. The summed E-state index contributed by atoms with van der Waals surface area (Å²) in [6, 6.07) is 10.2. The first-order chi connectivity index (χ1) is 7.00. The number of nitrogens with two attached hydrogens (primary N) is 1. The molecular formula is C13H21NO. The van der Waals surface area contributed by atoms with Gasteiger partial charge in [0, 0.05) is 6.04 Å². The zero-order valence-corrected chi connectivity index (χ0v) is 9.86. The number of ether oxygens (including phenoxy) is 1. The van der Waals surface area contributed by atoms with Gasteiger partial charge >= 0.3 is 0 Å². The van der Waals surface area contributed by atoms with Crippen LogP contribution in [0.5, 0.6) is 0 Å². The normalized spacial score (nSPS) is 13.9. The second-order valence-electron chi connectivity index (χ2n) is 4.97. The Bertz CT molecular complexity index is 276. The predicted octanol–water partition coefficient (Wildman–Crippen LogP) is 2.58. The van der Waals surface area contributed by atoms with Crippen LogP contribution >= 0.6 is 0 Å². The van der Waals surface area contributed by atoms with E-state index >= 15 is 0 Å².